The third-order valence-electron chi connectivity index (χ3n) is 2.53. The minimum Gasteiger partial charge on any atom is -0.456 e. The monoisotopic (exact) mass is 243 g/mol. The van der Waals surface area contributed by atoms with E-state index in [1.807, 2.05) is 36.4 Å². The van der Waals surface area contributed by atoms with E-state index < -0.39 is 0 Å². The largest absolute Gasteiger partial charge is 0.456 e. The van der Waals surface area contributed by atoms with E-state index in [0.717, 1.165) is 17.9 Å². The summed E-state index contributed by atoms with van der Waals surface area (Å²) in [5, 5.41) is 2.79. The summed E-state index contributed by atoms with van der Waals surface area (Å²) in [6.45, 7) is 4.23. The number of hydrogen-bond donors (Lipinski definition) is 1. The van der Waals surface area contributed by atoms with Crippen molar-refractivity contribution in [2.24, 2.45) is 5.92 Å². The number of amides is 1. The molecule has 0 fully saturated rings. The molecule has 0 aliphatic rings. The van der Waals surface area contributed by atoms with Crippen molar-refractivity contribution in [3.05, 3.63) is 54.0 Å². The van der Waals surface area contributed by atoms with Gasteiger partial charge in [-0.2, -0.15) is 0 Å². The van der Waals surface area contributed by atoms with Gasteiger partial charge < -0.3 is 9.73 Å². The molecule has 18 heavy (non-hydrogen) atoms. The van der Waals surface area contributed by atoms with Crippen LogP contribution in [0.1, 0.15) is 30.2 Å². The van der Waals surface area contributed by atoms with E-state index >= 15 is 0 Å². The molecule has 0 atom stereocenters. The van der Waals surface area contributed by atoms with Gasteiger partial charge in [0.15, 0.2) is 5.76 Å². The normalized spacial score (nSPS) is 10.6. The first-order valence-electron chi connectivity index (χ1n) is 6.10. The van der Waals surface area contributed by atoms with Crippen LogP contribution in [-0.4, -0.2) is 5.91 Å². The number of rotatable bonds is 4. The van der Waals surface area contributed by atoms with Crippen LogP contribution in [-0.2, 0) is 6.42 Å². The Morgan fingerprint density at radius 3 is 2.56 bits per heavy atom. The van der Waals surface area contributed by atoms with Gasteiger partial charge in [-0.15, -0.1) is 0 Å². The summed E-state index contributed by atoms with van der Waals surface area (Å²) in [4.78, 5) is 11.9. The SMILES string of the molecule is CC(C)Cc1ccc(C(=O)Nc2ccccc2)o1. The quantitative estimate of drug-likeness (QED) is 0.889. The van der Waals surface area contributed by atoms with Crippen LogP contribution < -0.4 is 5.32 Å². The molecule has 0 saturated carbocycles. The lowest BCUT2D eigenvalue weighted by Crippen LogP contribution is -2.10. The van der Waals surface area contributed by atoms with Crippen LogP contribution >= 0.6 is 0 Å². The third-order valence-corrected chi connectivity index (χ3v) is 2.53. The van der Waals surface area contributed by atoms with E-state index in [-0.39, 0.29) is 5.91 Å². The molecule has 1 aromatic carbocycles. The molecule has 94 valence electrons. The van der Waals surface area contributed by atoms with Crippen molar-refractivity contribution in [1.82, 2.24) is 0 Å². The molecule has 3 nitrogen and oxygen atoms in total. The number of anilines is 1. The molecule has 0 radical (unpaired) electrons. The minimum atomic E-state index is -0.212. The van der Waals surface area contributed by atoms with Crippen molar-refractivity contribution < 1.29 is 9.21 Å². The Morgan fingerprint density at radius 1 is 1.17 bits per heavy atom. The van der Waals surface area contributed by atoms with E-state index in [4.69, 9.17) is 4.42 Å². The molecule has 0 bridgehead atoms. The average molecular weight is 243 g/mol. The lowest BCUT2D eigenvalue weighted by molar-refractivity contribution is 0.0994. The number of carbonyl (C=O) groups excluding carboxylic acids is 1. The summed E-state index contributed by atoms with van der Waals surface area (Å²) in [5.74, 6) is 1.51. The molecular weight excluding hydrogens is 226 g/mol. The fourth-order valence-electron chi connectivity index (χ4n) is 1.73. The van der Waals surface area contributed by atoms with Crippen molar-refractivity contribution >= 4 is 11.6 Å². The van der Waals surface area contributed by atoms with Crippen molar-refractivity contribution in [3.63, 3.8) is 0 Å². The van der Waals surface area contributed by atoms with Gasteiger partial charge in [-0.25, -0.2) is 0 Å². The van der Waals surface area contributed by atoms with Gasteiger partial charge in [0.25, 0.3) is 5.91 Å². The van der Waals surface area contributed by atoms with E-state index in [2.05, 4.69) is 19.2 Å². The van der Waals surface area contributed by atoms with Crippen LogP contribution in [0.3, 0.4) is 0 Å². The molecule has 1 heterocycles. The van der Waals surface area contributed by atoms with Gasteiger partial charge in [-0.05, 0) is 30.2 Å². The summed E-state index contributed by atoms with van der Waals surface area (Å²) in [6.07, 6.45) is 0.846. The first-order valence-corrected chi connectivity index (χ1v) is 6.10. The maximum atomic E-state index is 11.9. The van der Waals surface area contributed by atoms with E-state index in [9.17, 15) is 4.79 Å². The Labute approximate surface area is 107 Å². The van der Waals surface area contributed by atoms with Gasteiger partial charge in [0, 0.05) is 12.1 Å². The zero-order chi connectivity index (χ0) is 13.0. The molecule has 1 N–H and O–H groups in total. The highest BCUT2D eigenvalue weighted by molar-refractivity contribution is 6.02. The summed E-state index contributed by atoms with van der Waals surface area (Å²) in [5.41, 5.74) is 0.768. The maximum Gasteiger partial charge on any atom is 0.291 e. The average Bonchev–Trinajstić information content (AvgIpc) is 2.78. The Kier molecular flexibility index (Phi) is 3.82. The highest BCUT2D eigenvalue weighted by atomic mass is 16.3. The number of para-hydroxylation sites is 1. The predicted molar refractivity (Wildman–Crippen MR) is 71.6 cm³/mol. The van der Waals surface area contributed by atoms with Crippen molar-refractivity contribution in [2.45, 2.75) is 20.3 Å². The van der Waals surface area contributed by atoms with Gasteiger partial charge in [0.2, 0.25) is 0 Å². The van der Waals surface area contributed by atoms with Crippen LogP contribution in [0.15, 0.2) is 46.9 Å². The van der Waals surface area contributed by atoms with Crippen LogP contribution in [0.2, 0.25) is 0 Å². The second-order valence-electron chi connectivity index (χ2n) is 4.68. The van der Waals surface area contributed by atoms with Gasteiger partial charge in [0.05, 0.1) is 0 Å². The molecule has 0 aliphatic carbocycles. The standard InChI is InChI=1S/C15H17NO2/c1-11(2)10-13-8-9-14(18-13)15(17)16-12-6-4-3-5-7-12/h3-9,11H,10H2,1-2H3,(H,16,17). The maximum absolute atomic E-state index is 11.9. The van der Waals surface area contributed by atoms with Crippen LogP contribution in [0, 0.1) is 5.92 Å². The van der Waals surface area contributed by atoms with Crippen LogP contribution in [0.25, 0.3) is 0 Å². The molecule has 1 aromatic heterocycles. The molecule has 0 spiro atoms. The number of nitrogens with one attached hydrogen (secondary N) is 1. The predicted octanol–water partition coefficient (Wildman–Crippen LogP) is 3.73. The molecule has 0 unspecified atom stereocenters. The van der Waals surface area contributed by atoms with Gasteiger partial charge >= 0.3 is 0 Å². The molecule has 2 aromatic rings. The Bertz CT molecular complexity index is 514. The fourth-order valence-corrected chi connectivity index (χ4v) is 1.73. The van der Waals surface area contributed by atoms with Gasteiger partial charge in [-0.3, -0.25) is 4.79 Å². The van der Waals surface area contributed by atoms with Crippen molar-refractivity contribution in [3.8, 4) is 0 Å². The number of hydrogen-bond acceptors (Lipinski definition) is 2. The van der Waals surface area contributed by atoms with E-state index in [0.29, 0.717) is 11.7 Å². The number of furan rings is 1. The zero-order valence-electron chi connectivity index (χ0n) is 10.6. The summed E-state index contributed by atoms with van der Waals surface area (Å²) < 4.78 is 5.52. The summed E-state index contributed by atoms with van der Waals surface area (Å²) in [6, 6.07) is 12.9. The van der Waals surface area contributed by atoms with Gasteiger partial charge in [-0.1, -0.05) is 32.0 Å². The topological polar surface area (TPSA) is 42.2 Å². The Morgan fingerprint density at radius 2 is 1.89 bits per heavy atom. The van der Waals surface area contributed by atoms with Crippen molar-refractivity contribution in [1.29, 1.82) is 0 Å². The summed E-state index contributed by atoms with van der Waals surface area (Å²) >= 11 is 0. The molecular formula is C15H17NO2. The van der Waals surface area contributed by atoms with Crippen LogP contribution in [0.5, 0.6) is 0 Å². The molecule has 1 amide bonds. The molecule has 2 rings (SSSR count). The highest BCUT2D eigenvalue weighted by Crippen LogP contribution is 2.14. The molecule has 0 saturated heterocycles. The fraction of sp³-hybridized carbons (Fsp3) is 0.267. The van der Waals surface area contributed by atoms with E-state index in [1.165, 1.54) is 0 Å². The zero-order valence-corrected chi connectivity index (χ0v) is 10.6. The molecule has 3 heteroatoms. The molecule has 0 aliphatic heterocycles. The summed E-state index contributed by atoms with van der Waals surface area (Å²) in [7, 11) is 0. The Hall–Kier alpha value is -2.03. The van der Waals surface area contributed by atoms with Crippen molar-refractivity contribution in [2.75, 3.05) is 5.32 Å². The minimum absolute atomic E-state index is 0.212. The first kappa shape index (κ1) is 12.4. The first-order chi connectivity index (χ1) is 8.65. The third kappa shape index (κ3) is 3.23. The number of carbonyl (C=O) groups is 1. The lowest BCUT2D eigenvalue weighted by Gasteiger charge is -2.03. The van der Waals surface area contributed by atoms with Crippen LogP contribution in [0.4, 0.5) is 5.69 Å². The second kappa shape index (κ2) is 5.54. The van der Waals surface area contributed by atoms with E-state index in [1.54, 1.807) is 6.07 Å². The highest BCUT2D eigenvalue weighted by Gasteiger charge is 2.11. The Balaban J connectivity index is 2.03. The smallest absolute Gasteiger partial charge is 0.291 e. The second-order valence-corrected chi connectivity index (χ2v) is 4.68. The lowest BCUT2D eigenvalue weighted by atomic mass is 10.1. The number of benzene rings is 1. The van der Waals surface area contributed by atoms with Gasteiger partial charge in [0.1, 0.15) is 5.76 Å².